The first kappa shape index (κ1) is 16.0. The summed E-state index contributed by atoms with van der Waals surface area (Å²) in [6.45, 7) is 5.07. The van der Waals surface area contributed by atoms with Crippen LogP contribution in [0, 0.1) is 17.8 Å². The molecule has 1 fully saturated rings. The van der Waals surface area contributed by atoms with E-state index in [1.54, 1.807) is 0 Å². The quantitative estimate of drug-likeness (QED) is 0.712. The zero-order valence-corrected chi connectivity index (χ0v) is 12.2. The molecule has 1 unspecified atom stereocenters. The molecule has 0 heterocycles. The Morgan fingerprint density at radius 1 is 1.26 bits per heavy atom. The summed E-state index contributed by atoms with van der Waals surface area (Å²) >= 11 is 0. The highest BCUT2D eigenvalue weighted by atomic mass is 16.4. The molecule has 1 aliphatic carbocycles. The second-order valence-corrected chi connectivity index (χ2v) is 5.71. The molecule has 0 aromatic rings. The van der Waals surface area contributed by atoms with Crippen molar-refractivity contribution in [2.45, 2.75) is 58.8 Å². The lowest BCUT2D eigenvalue weighted by molar-refractivity contribution is -0.141. The Balaban J connectivity index is 2.29. The third-order valence-electron chi connectivity index (χ3n) is 4.26. The van der Waals surface area contributed by atoms with E-state index in [1.165, 1.54) is 12.8 Å². The Hall–Kier alpha value is -1.06. The summed E-state index contributed by atoms with van der Waals surface area (Å²) in [5, 5.41) is 11.9. The Labute approximate surface area is 116 Å². The molecule has 0 spiro atoms. The van der Waals surface area contributed by atoms with E-state index in [2.05, 4.69) is 19.2 Å². The van der Waals surface area contributed by atoms with E-state index >= 15 is 0 Å². The molecule has 19 heavy (non-hydrogen) atoms. The minimum absolute atomic E-state index is 0.0544. The van der Waals surface area contributed by atoms with Gasteiger partial charge in [-0.2, -0.15) is 0 Å². The zero-order chi connectivity index (χ0) is 14.3. The van der Waals surface area contributed by atoms with Gasteiger partial charge in [0.2, 0.25) is 5.91 Å². The van der Waals surface area contributed by atoms with Gasteiger partial charge >= 0.3 is 5.97 Å². The molecule has 1 saturated carbocycles. The van der Waals surface area contributed by atoms with E-state index in [4.69, 9.17) is 5.11 Å². The fourth-order valence-corrected chi connectivity index (χ4v) is 2.78. The molecule has 0 radical (unpaired) electrons. The number of unbranched alkanes of at least 4 members (excludes halogenated alkanes) is 1. The van der Waals surface area contributed by atoms with Crippen LogP contribution in [0.4, 0.5) is 0 Å². The van der Waals surface area contributed by atoms with Gasteiger partial charge in [0.1, 0.15) is 0 Å². The van der Waals surface area contributed by atoms with Crippen molar-refractivity contribution in [1.82, 2.24) is 5.32 Å². The standard InChI is InChI=1S/C15H27NO3/c1-3-5-6-11(4-2)10-16-14(17)12-7-8-13(9-12)15(18)19/h11-13H,3-10H2,1-2H3,(H,16,17)(H,18,19)/t11?,12-,13+/m1/s1. The van der Waals surface area contributed by atoms with Crippen LogP contribution in [0.3, 0.4) is 0 Å². The van der Waals surface area contributed by atoms with Crippen molar-refractivity contribution >= 4 is 11.9 Å². The average molecular weight is 269 g/mol. The Morgan fingerprint density at radius 2 is 1.95 bits per heavy atom. The molecule has 0 aliphatic heterocycles. The number of amides is 1. The zero-order valence-electron chi connectivity index (χ0n) is 12.2. The summed E-state index contributed by atoms with van der Waals surface area (Å²) in [6, 6.07) is 0. The highest BCUT2D eigenvalue weighted by Crippen LogP contribution is 2.31. The summed E-state index contributed by atoms with van der Waals surface area (Å²) in [5.74, 6) is -0.563. The summed E-state index contributed by atoms with van der Waals surface area (Å²) in [6.07, 6.45) is 6.51. The fraction of sp³-hybridized carbons (Fsp3) is 0.867. The molecule has 1 amide bonds. The smallest absolute Gasteiger partial charge is 0.306 e. The number of hydrogen-bond donors (Lipinski definition) is 2. The van der Waals surface area contributed by atoms with Gasteiger partial charge < -0.3 is 10.4 Å². The predicted octanol–water partition coefficient (Wildman–Crippen LogP) is 2.82. The number of hydrogen-bond acceptors (Lipinski definition) is 2. The van der Waals surface area contributed by atoms with Gasteiger partial charge in [-0.3, -0.25) is 9.59 Å². The molecule has 0 bridgehead atoms. The maximum absolute atomic E-state index is 12.0. The van der Waals surface area contributed by atoms with Gasteiger partial charge in [0.25, 0.3) is 0 Å². The van der Waals surface area contributed by atoms with Crippen LogP contribution in [-0.2, 0) is 9.59 Å². The largest absolute Gasteiger partial charge is 0.481 e. The van der Waals surface area contributed by atoms with Gasteiger partial charge in [-0.25, -0.2) is 0 Å². The molecule has 1 rings (SSSR count). The molecule has 1 aliphatic rings. The minimum Gasteiger partial charge on any atom is -0.481 e. The first-order valence-electron chi connectivity index (χ1n) is 7.58. The molecule has 110 valence electrons. The number of nitrogens with one attached hydrogen (secondary N) is 1. The highest BCUT2D eigenvalue weighted by molar-refractivity contribution is 5.80. The van der Waals surface area contributed by atoms with Gasteiger partial charge in [-0.1, -0.05) is 33.1 Å². The number of carbonyl (C=O) groups is 2. The average Bonchev–Trinajstić information content (AvgIpc) is 2.88. The van der Waals surface area contributed by atoms with Crippen molar-refractivity contribution in [3.63, 3.8) is 0 Å². The maximum atomic E-state index is 12.0. The molecule has 0 aromatic heterocycles. The van der Waals surface area contributed by atoms with Gasteiger partial charge in [0, 0.05) is 12.5 Å². The third kappa shape index (κ3) is 5.21. The van der Waals surface area contributed by atoms with Crippen molar-refractivity contribution in [1.29, 1.82) is 0 Å². The third-order valence-corrected chi connectivity index (χ3v) is 4.26. The number of carbonyl (C=O) groups excluding carboxylic acids is 1. The molecule has 4 heteroatoms. The van der Waals surface area contributed by atoms with Crippen LogP contribution >= 0.6 is 0 Å². The number of rotatable bonds is 8. The fourth-order valence-electron chi connectivity index (χ4n) is 2.78. The Morgan fingerprint density at radius 3 is 2.47 bits per heavy atom. The molecular formula is C15H27NO3. The Bertz CT molecular complexity index is 304. The SMILES string of the molecule is CCCCC(CC)CNC(=O)[C@@H]1CC[C@H](C(=O)O)C1. The summed E-state index contributed by atoms with van der Waals surface area (Å²) in [5.41, 5.74) is 0. The first-order valence-corrected chi connectivity index (χ1v) is 7.58. The number of carboxylic acid groups (broad SMARTS) is 1. The summed E-state index contributed by atoms with van der Waals surface area (Å²) in [4.78, 5) is 22.9. The van der Waals surface area contributed by atoms with E-state index in [9.17, 15) is 9.59 Å². The predicted molar refractivity (Wildman–Crippen MR) is 74.8 cm³/mol. The summed E-state index contributed by atoms with van der Waals surface area (Å²) < 4.78 is 0. The van der Waals surface area contributed by atoms with Crippen molar-refractivity contribution in [3.8, 4) is 0 Å². The van der Waals surface area contributed by atoms with Crippen molar-refractivity contribution < 1.29 is 14.7 Å². The molecular weight excluding hydrogens is 242 g/mol. The van der Waals surface area contributed by atoms with Gasteiger partial charge in [0.15, 0.2) is 0 Å². The van der Waals surface area contributed by atoms with Crippen molar-refractivity contribution in [2.75, 3.05) is 6.54 Å². The van der Waals surface area contributed by atoms with Crippen LogP contribution < -0.4 is 5.32 Å². The van der Waals surface area contributed by atoms with E-state index in [-0.39, 0.29) is 17.7 Å². The van der Waals surface area contributed by atoms with Crippen LogP contribution in [0.5, 0.6) is 0 Å². The van der Waals surface area contributed by atoms with Crippen LogP contribution in [0.2, 0.25) is 0 Å². The van der Waals surface area contributed by atoms with E-state index in [0.717, 1.165) is 19.4 Å². The molecule has 0 saturated heterocycles. The van der Waals surface area contributed by atoms with Crippen molar-refractivity contribution in [2.24, 2.45) is 17.8 Å². The second-order valence-electron chi connectivity index (χ2n) is 5.71. The molecule has 3 atom stereocenters. The molecule has 2 N–H and O–H groups in total. The van der Waals surface area contributed by atoms with E-state index in [1.807, 2.05) is 0 Å². The summed E-state index contributed by atoms with van der Waals surface area (Å²) in [7, 11) is 0. The monoisotopic (exact) mass is 269 g/mol. The lowest BCUT2D eigenvalue weighted by atomic mass is 9.98. The van der Waals surface area contributed by atoms with Gasteiger partial charge in [-0.05, 0) is 31.6 Å². The number of aliphatic carboxylic acids is 1. The molecule has 4 nitrogen and oxygen atoms in total. The number of carboxylic acids is 1. The topological polar surface area (TPSA) is 66.4 Å². The Kier molecular flexibility index (Phi) is 6.89. The van der Waals surface area contributed by atoms with E-state index < -0.39 is 5.97 Å². The van der Waals surface area contributed by atoms with Crippen LogP contribution in [-0.4, -0.2) is 23.5 Å². The van der Waals surface area contributed by atoms with E-state index in [0.29, 0.717) is 25.2 Å². The normalized spacial score (nSPS) is 24.1. The maximum Gasteiger partial charge on any atom is 0.306 e. The minimum atomic E-state index is -0.760. The van der Waals surface area contributed by atoms with Gasteiger partial charge in [0.05, 0.1) is 5.92 Å². The second kappa shape index (κ2) is 8.18. The van der Waals surface area contributed by atoms with Crippen LogP contribution in [0.1, 0.15) is 58.8 Å². The lowest BCUT2D eigenvalue weighted by Gasteiger charge is -2.17. The van der Waals surface area contributed by atoms with Crippen molar-refractivity contribution in [3.05, 3.63) is 0 Å². The highest BCUT2D eigenvalue weighted by Gasteiger charge is 2.33. The first-order chi connectivity index (χ1) is 9.08. The molecule has 0 aromatic carbocycles. The van der Waals surface area contributed by atoms with Crippen LogP contribution in [0.25, 0.3) is 0 Å². The van der Waals surface area contributed by atoms with Crippen LogP contribution in [0.15, 0.2) is 0 Å². The lowest BCUT2D eigenvalue weighted by Crippen LogP contribution is -2.33. The van der Waals surface area contributed by atoms with Gasteiger partial charge in [-0.15, -0.1) is 0 Å².